The number of carbonyl (C=O) groups excluding carboxylic acids is 1. The Balaban J connectivity index is 1.44. The molecular weight excluding hydrogens is 314 g/mol. The molecule has 2 amide bonds. The quantitative estimate of drug-likeness (QED) is 0.879. The lowest BCUT2D eigenvalue weighted by Gasteiger charge is -2.27. The summed E-state index contributed by atoms with van der Waals surface area (Å²) in [5, 5.41) is 5.77. The number of nitrogens with zero attached hydrogens (tertiary/aromatic N) is 3. The minimum atomic E-state index is -0.168. The summed E-state index contributed by atoms with van der Waals surface area (Å²) in [5.41, 5.74) is 3.27. The van der Waals surface area contributed by atoms with E-state index in [2.05, 4.69) is 25.1 Å². The van der Waals surface area contributed by atoms with E-state index in [4.69, 9.17) is 0 Å². The topological polar surface area (TPSA) is 62.2 Å². The first-order valence-corrected chi connectivity index (χ1v) is 8.96. The smallest absolute Gasteiger partial charge is 0.315 e. The van der Waals surface area contributed by atoms with Crippen LogP contribution in [0, 0.1) is 6.92 Å². The molecule has 1 aliphatic rings. The van der Waals surface area contributed by atoms with Gasteiger partial charge in [0.1, 0.15) is 5.82 Å². The van der Waals surface area contributed by atoms with Crippen LogP contribution in [0.2, 0.25) is 0 Å². The standard InChI is InChI=1S/C19H27N5O/c1-15-6-8-17(23(15)2)14-22-19(25)21-13-16-7-9-18(20-12-16)24-10-4-3-5-11-24/h6-9,12H,3-5,10-11,13-14H2,1-2H3,(H2,21,22,25). The molecule has 0 saturated carbocycles. The third kappa shape index (κ3) is 4.53. The van der Waals surface area contributed by atoms with Crippen LogP contribution >= 0.6 is 0 Å². The van der Waals surface area contributed by atoms with Crippen molar-refractivity contribution in [2.45, 2.75) is 39.3 Å². The molecule has 0 atom stereocenters. The molecule has 2 N–H and O–H groups in total. The molecular formula is C19H27N5O. The van der Waals surface area contributed by atoms with Crippen LogP contribution in [-0.2, 0) is 20.1 Å². The number of nitrogens with one attached hydrogen (secondary N) is 2. The number of aryl methyl sites for hydroxylation is 1. The molecule has 3 heterocycles. The van der Waals surface area contributed by atoms with E-state index in [0.29, 0.717) is 13.1 Å². The van der Waals surface area contributed by atoms with Crippen molar-refractivity contribution in [1.29, 1.82) is 0 Å². The Morgan fingerprint density at radius 3 is 2.48 bits per heavy atom. The Hall–Kier alpha value is -2.50. The van der Waals surface area contributed by atoms with Crippen molar-refractivity contribution in [3.8, 4) is 0 Å². The molecule has 2 aromatic rings. The predicted octanol–water partition coefficient (Wildman–Crippen LogP) is 2.72. The maximum Gasteiger partial charge on any atom is 0.315 e. The second kappa shape index (κ2) is 8.05. The second-order valence-electron chi connectivity index (χ2n) is 6.63. The summed E-state index contributed by atoms with van der Waals surface area (Å²) in [6.07, 6.45) is 5.65. The first kappa shape index (κ1) is 17.3. The summed E-state index contributed by atoms with van der Waals surface area (Å²) in [6.45, 7) is 5.22. The zero-order chi connectivity index (χ0) is 17.6. The number of rotatable bonds is 5. The van der Waals surface area contributed by atoms with E-state index >= 15 is 0 Å². The van der Waals surface area contributed by atoms with Crippen LogP contribution in [-0.4, -0.2) is 28.7 Å². The van der Waals surface area contributed by atoms with Gasteiger partial charge in [-0.2, -0.15) is 0 Å². The van der Waals surface area contributed by atoms with Gasteiger partial charge in [-0.1, -0.05) is 6.07 Å². The van der Waals surface area contributed by atoms with Crippen molar-refractivity contribution in [3.05, 3.63) is 47.4 Å². The summed E-state index contributed by atoms with van der Waals surface area (Å²) in [4.78, 5) is 18.8. The highest BCUT2D eigenvalue weighted by molar-refractivity contribution is 5.73. The lowest BCUT2D eigenvalue weighted by Crippen LogP contribution is -2.35. The van der Waals surface area contributed by atoms with Crippen LogP contribution in [0.3, 0.4) is 0 Å². The Kier molecular flexibility index (Phi) is 5.58. The van der Waals surface area contributed by atoms with Crippen LogP contribution in [0.5, 0.6) is 0 Å². The SMILES string of the molecule is Cc1ccc(CNC(=O)NCc2ccc(N3CCCCC3)nc2)n1C. The highest BCUT2D eigenvalue weighted by Crippen LogP contribution is 2.17. The largest absolute Gasteiger partial charge is 0.357 e. The summed E-state index contributed by atoms with van der Waals surface area (Å²) < 4.78 is 2.07. The Morgan fingerprint density at radius 1 is 1.08 bits per heavy atom. The minimum absolute atomic E-state index is 0.168. The molecule has 0 bridgehead atoms. The zero-order valence-electron chi connectivity index (χ0n) is 15.1. The molecule has 3 rings (SSSR count). The van der Waals surface area contributed by atoms with Crippen molar-refractivity contribution in [2.75, 3.05) is 18.0 Å². The van der Waals surface area contributed by atoms with Crippen LogP contribution in [0.25, 0.3) is 0 Å². The molecule has 6 heteroatoms. The van der Waals surface area contributed by atoms with Gasteiger partial charge < -0.3 is 20.1 Å². The normalized spacial score (nSPS) is 14.4. The highest BCUT2D eigenvalue weighted by Gasteiger charge is 2.11. The molecule has 1 fully saturated rings. The maximum absolute atomic E-state index is 12.0. The average Bonchev–Trinajstić information content (AvgIpc) is 2.98. The molecule has 0 spiro atoms. The highest BCUT2D eigenvalue weighted by atomic mass is 16.2. The van der Waals surface area contributed by atoms with E-state index in [1.54, 1.807) is 0 Å². The second-order valence-corrected chi connectivity index (χ2v) is 6.63. The number of urea groups is 1. The van der Waals surface area contributed by atoms with Gasteiger partial charge in [-0.3, -0.25) is 0 Å². The minimum Gasteiger partial charge on any atom is -0.357 e. The molecule has 0 aliphatic carbocycles. The van der Waals surface area contributed by atoms with Crippen LogP contribution < -0.4 is 15.5 Å². The number of aromatic nitrogens is 2. The Labute approximate surface area is 149 Å². The summed E-state index contributed by atoms with van der Waals surface area (Å²) in [6, 6.07) is 7.99. The molecule has 0 radical (unpaired) electrons. The Morgan fingerprint density at radius 2 is 1.84 bits per heavy atom. The van der Waals surface area contributed by atoms with Gasteiger partial charge in [-0.05, 0) is 49.9 Å². The van der Waals surface area contributed by atoms with Gasteiger partial charge in [0.15, 0.2) is 0 Å². The van der Waals surface area contributed by atoms with Crippen molar-refractivity contribution in [3.63, 3.8) is 0 Å². The monoisotopic (exact) mass is 341 g/mol. The fourth-order valence-electron chi connectivity index (χ4n) is 3.09. The molecule has 1 saturated heterocycles. The van der Waals surface area contributed by atoms with Gasteiger partial charge in [-0.25, -0.2) is 9.78 Å². The van der Waals surface area contributed by atoms with E-state index in [1.807, 2.05) is 44.4 Å². The molecule has 1 aliphatic heterocycles. The first-order valence-electron chi connectivity index (χ1n) is 8.96. The molecule has 0 aromatic carbocycles. The number of carbonyl (C=O) groups is 1. The summed E-state index contributed by atoms with van der Waals surface area (Å²) in [7, 11) is 2.00. The summed E-state index contributed by atoms with van der Waals surface area (Å²) >= 11 is 0. The maximum atomic E-state index is 12.0. The van der Waals surface area contributed by atoms with Gasteiger partial charge in [0, 0.05) is 44.3 Å². The van der Waals surface area contributed by atoms with E-state index < -0.39 is 0 Å². The molecule has 0 unspecified atom stereocenters. The van der Waals surface area contributed by atoms with Gasteiger partial charge in [-0.15, -0.1) is 0 Å². The molecule has 25 heavy (non-hydrogen) atoms. The van der Waals surface area contributed by atoms with Crippen molar-refractivity contribution in [2.24, 2.45) is 7.05 Å². The lowest BCUT2D eigenvalue weighted by molar-refractivity contribution is 0.240. The van der Waals surface area contributed by atoms with E-state index in [-0.39, 0.29) is 6.03 Å². The van der Waals surface area contributed by atoms with Gasteiger partial charge >= 0.3 is 6.03 Å². The summed E-state index contributed by atoms with van der Waals surface area (Å²) in [5.74, 6) is 1.03. The van der Waals surface area contributed by atoms with Crippen molar-refractivity contribution in [1.82, 2.24) is 20.2 Å². The van der Waals surface area contributed by atoms with Crippen LogP contribution in [0.15, 0.2) is 30.5 Å². The number of hydrogen-bond donors (Lipinski definition) is 2. The fourth-order valence-corrected chi connectivity index (χ4v) is 3.09. The number of anilines is 1. The fraction of sp³-hybridized carbons (Fsp3) is 0.474. The Bertz CT molecular complexity index is 701. The van der Waals surface area contributed by atoms with Crippen molar-refractivity contribution >= 4 is 11.8 Å². The van der Waals surface area contributed by atoms with Gasteiger partial charge in [0.2, 0.25) is 0 Å². The zero-order valence-corrected chi connectivity index (χ0v) is 15.1. The number of piperidine rings is 1. The molecule has 2 aromatic heterocycles. The van der Waals surface area contributed by atoms with Gasteiger partial charge in [0.05, 0.1) is 6.54 Å². The molecule has 134 valence electrons. The van der Waals surface area contributed by atoms with Crippen molar-refractivity contribution < 1.29 is 4.79 Å². The molecule has 6 nitrogen and oxygen atoms in total. The average molecular weight is 341 g/mol. The van der Waals surface area contributed by atoms with Gasteiger partial charge in [0.25, 0.3) is 0 Å². The third-order valence-corrected chi connectivity index (χ3v) is 4.85. The van der Waals surface area contributed by atoms with Crippen LogP contribution in [0.4, 0.5) is 10.6 Å². The number of amides is 2. The predicted molar refractivity (Wildman–Crippen MR) is 99.5 cm³/mol. The van der Waals surface area contributed by atoms with E-state index in [9.17, 15) is 4.79 Å². The van der Waals surface area contributed by atoms with E-state index in [1.165, 1.54) is 25.0 Å². The lowest BCUT2D eigenvalue weighted by atomic mass is 10.1. The number of pyridine rings is 1. The third-order valence-electron chi connectivity index (χ3n) is 4.85. The van der Waals surface area contributed by atoms with E-state index in [0.717, 1.165) is 30.2 Å². The van der Waals surface area contributed by atoms with Crippen LogP contribution in [0.1, 0.15) is 36.2 Å². The first-order chi connectivity index (χ1) is 12.1. The number of hydrogen-bond acceptors (Lipinski definition) is 3.